The van der Waals surface area contributed by atoms with Gasteiger partial charge < -0.3 is 9.14 Å². The molecule has 4 rings (SSSR count). The highest BCUT2D eigenvalue weighted by Gasteiger charge is 2.30. The van der Waals surface area contributed by atoms with Crippen LogP contribution in [-0.2, 0) is 10.9 Å². The summed E-state index contributed by atoms with van der Waals surface area (Å²) in [7, 11) is 1.28. The molecule has 3 heterocycles. The zero-order chi connectivity index (χ0) is 19.2. The predicted molar refractivity (Wildman–Crippen MR) is 92.3 cm³/mol. The quantitative estimate of drug-likeness (QED) is 0.492. The van der Waals surface area contributed by atoms with Gasteiger partial charge in [0.15, 0.2) is 0 Å². The summed E-state index contributed by atoms with van der Waals surface area (Å²) in [6, 6.07) is 10.8. The third-order valence-electron chi connectivity index (χ3n) is 4.21. The first-order valence-electron chi connectivity index (χ1n) is 7.91. The van der Waals surface area contributed by atoms with Crippen molar-refractivity contribution in [2.45, 2.75) is 6.18 Å². The second kappa shape index (κ2) is 6.08. The molecule has 0 radical (unpaired) electrons. The van der Waals surface area contributed by atoms with E-state index in [0.717, 1.165) is 17.8 Å². The molecule has 3 aromatic heterocycles. The van der Waals surface area contributed by atoms with E-state index in [-0.39, 0.29) is 0 Å². The van der Waals surface area contributed by atoms with Gasteiger partial charge in [0.25, 0.3) is 0 Å². The lowest BCUT2D eigenvalue weighted by atomic mass is 10.1. The van der Waals surface area contributed by atoms with Gasteiger partial charge in [0.05, 0.1) is 40.5 Å². The Kier molecular flexibility index (Phi) is 3.83. The fraction of sp³-hybridized carbons (Fsp3) is 0.105. The lowest BCUT2D eigenvalue weighted by Crippen LogP contribution is -2.06. The van der Waals surface area contributed by atoms with Gasteiger partial charge in [-0.15, -0.1) is 0 Å². The van der Waals surface area contributed by atoms with Crippen LogP contribution in [0.1, 0.15) is 15.9 Å². The number of halogens is 3. The fourth-order valence-electron chi connectivity index (χ4n) is 2.91. The van der Waals surface area contributed by atoms with Crippen LogP contribution in [0, 0.1) is 0 Å². The average molecular weight is 371 g/mol. The minimum Gasteiger partial charge on any atom is -0.465 e. The molecule has 0 atom stereocenters. The maximum atomic E-state index is 12.8. The second-order valence-corrected chi connectivity index (χ2v) is 5.85. The Morgan fingerprint density at radius 2 is 1.93 bits per heavy atom. The topological polar surface area (TPSA) is 56.5 Å². The fourth-order valence-corrected chi connectivity index (χ4v) is 2.91. The van der Waals surface area contributed by atoms with Gasteiger partial charge in [0.1, 0.15) is 5.69 Å². The van der Waals surface area contributed by atoms with Crippen LogP contribution < -0.4 is 0 Å². The van der Waals surface area contributed by atoms with Crippen molar-refractivity contribution in [1.82, 2.24) is 14.4 Å². The van der Waals surface area contributed by atoms with E-state index in [4.69, 9.17) is 4.74 Å². The van der Waals surface area contributed by atoms with E-state index in [1.807, 2.05) is 10.6 Å². The summed E-state index contributed by atoms with van der Waals surface area (Å²) in [6.07, 6.45) is -1.86. The molecular weight excluding hydrogens is 359 g/mol. The van der Waals surface area contributed by atoms with Crippen LogP contribution in [0.15, 0.2) is 54.9 Å². The third-order valence-corrected chi connectivity index (χ3v) is 4.21. The molecule has 0 fully saturated rings. The van der Waals surface area contributed by atoms with Crippen molar-refractivity contribution in [2.75, 3.05) is 7.11 Å². The Balaban J connectivity index is 1.93. The summed E-state index contributed by atoms with van der Waals surface area (Å²) in [4.78, 5) is 20.3. The molecule has 0 aliphatic heterocycles. The number of alkyl halides is 3. The Bertz CT molecular complexity index is 1160. The molecule has 0 aliphatic rings. The minimum absolute atomic E-state index is 0.303. The summed E-state index contributed by atoms with van der Waals surface area (Å²) in [5.41, 5.74) is 2.17. The number of hydrogen-bond donors (Lipinski definition) is 0. The number of methoxy groups -OCH3 is 1. The number of benzene rings is 1. The normalized spacial score (nSPS) is 11.9. The zero-order valence-corrected chi connectivity index (χ0v) is 14.0. The monoisotopic (exact) mass is 371 g/mol. The van der Waals surface area contributed by atoms with E-state index in [1.54, 1.807) is 30.3 Å². The molecular formula is C19H12F3N3O2. The Hall–Kier alpha value is -3.42. The molecule has 27 heavy (non-hydrogen) atoms. The van der Waals surface area contributed by atoms with Gasteiger partial charge in [0.2, 0.25) is 0 Å². The molecule has 8 heteroatoms. The van der Waals surface area contributed by atoms with Crippen LogP contribution >= 0.6 is 0 Å². The Morgan fingerprint density at radius 1 is 1.11 bits per heavy atom. The highest BCUT2D eigenvalue weighted by Crippen LogP contribution is 2.31. The van der Waals surface area contributed by atoms with Crippen molar-refractivity contribution < 1.29 is 22.7 Å². The smallest absolute Gasteiger partial charge is 0.417 e. The van der Waals surface area contributed by atoms with E-state index < -0.39 is 17.7 Å². The molecule has 0 N–H and O–H groups in total. The van der Waals surface area contributed by atoms with Crippen molar-refractivity contribution >= 4 is 22.5 Å². The molecule has 5 nitrogen and oxygen atoms in total. The number of nitrogens with zero attached hydrogens (tertiary/aromatic N) is 3. The number of carbonyl (C=O) groups is 1. The van der Waals surface area contributed by atoms with E-state index in [2.05, 4.69) is 9.97 Å². The molecule has 136 valence electrons. The van der Waals surface area contributed by atoms with Gasteiger partial charge in [-0.1, -0.05) is 0 Å². The molecule has 0 saturated carbocycles. The summed E-state index contributed by atoms with van der Waals surface area (Å²) < 4.78 is 44.9. The summed E-state index contributed by atoms with van der Waals surface area (Å²) in [5, 5.41) is 0. The van der Waals surface area contributed by atoms with Crippen LogP contribution in [0.4, 0.5) is 13.2 Å². The number of rotatable bonds is 2. The third kappa shape index (κ3) is 2.88. The number of aromatic nitrogens is 3. The van der Waals surface area contributed by atoms with Crippen LogP contribution in [0.2, 0.25) is 0 Å². The van der Waals surface area contributed by atoms with Gasteiger partial charge in [0, 0.05) is 12.4 Å². The number of pyridine rings is 1. The number of ether oxygens (including phenoxy) is 1. The van der Waals surface area contributed by atoms with Crippen molar-refractivity contribution in [3.63, 3.8) is 0 Å². The van der Waals surface area contributed by atoms with E-state index in [9.17, 15) is 18.0 Å². The van der Waals surface area contributed by atoms with Crippen LogP contribution in [0.25, 0.3) is 27.9 Å². The van der Waals surface area contributed by atoms with Crippen LogP contribution in [0.3, 0.4) is 0 Å². The highest BCUT2D eigenvalue weighted by atomic mass is 19.4. The molecule has 4 aromatic rings. The van der Waals surface area contributed by atoms with Gasteiger partial charge >= 0.3 is 12.1 Å². The predicted octanol–water partition coefficient (Wildman–Crippen LogP) is 4.35. The summed E-state index contributed by atoms with van der Waals surface area (Å²) in [6.45, 7) is 0. The molecule has 0 spiro atoms. The van der Waals surface area contributed by atoms with Crippen molar-refractivity contribution in [3.8, 4) is 11.4 Å². The van der Waals surface area contributed by atoms with Crippen LogP contribution in [0.5, 0.6) is 0 Å². The first-order chi connectivity index (χ1) is 12.9. The van der Waals surface area contributed by atoms with E-state index in [1.165, 1.54) is 13.2 Å². The van der Waals surface area contributed by atoms with Gasteiger partial charge in [-0.05, 0) is 42.5 Å². The lowest BCUT2D eigenvalue weighted by molar-refractivity contribution is -0.137. The largest absolute Gasteiger partial charge is 0.465 e. The first-order valence-corrected chi connectivity index (χ1v) is 7.91. The zero-order valence-electron chi connectivity index (χ0n) is 14.0. The number of esters is 1. The summed E-state index contributed by atoms with van der Waals surface area (Å²) in [5.74, 6) is -0.500. The van der Waals surface area contributed by atoms with Gasteiger partial charge in [-0.2, -0.15) is 13.2 Å². The molecule has 0 aliphatic carbocycles. The highest BCUT2D eigenvalue weighted by molar-refractivity contribution is 5.95. The maximum absolute atomic E-state index is 12.8. The molecule has 0 saturated heterocycles. The lowest BCUT2D eigenvalue weighted by Gasteiger charge is -2.10. The SMILES string of the molecule is COC(=O)c1ccc2c(c1)nc(-c1ccc(C(F)(F)F)cn1)c1cccn12. The molecule has 0 amide bonds. The van der Waals surface area contributed by atoms with Crippen molar-refractivity contribution in [2.24, 2.45) is 0 Å². The average Bonchev–Trinajstić information content (AvgIpc) is 3.15. The number of fused-ring (bicyclic) bond motifs is 3. The maximum Gasteiger partial charge on any atom is 0.417 e. The summed E-state index contributed by atoms with van der Waals surface area (Å²) >= 11 is 0. The van der Waals surface area contributed by atoms with Crippen molar-refractivity contribution in [3.05, 3.63) is 66.0 Å². The number of hydrogen-bond acceptors (Lipinski definition) is 4. The molecule has 0 unspecified atom stereocenters. The van der Waals surface area contributed by atoms with Crippen LogP contribution in [-0.4, -0.2) is 27.4 Å². The standard InChI is InChI=1S/C19H12F3N3O2/c1-27-18(26)11-4-7-15-14(9-11)24-17(16-3-2-8-25(15)16)13-6-5-12(10-23-13)19(20,21)22/h2-10H,1H3. The second-order valence-electron chi connectivity index (χ2n) is 5.85. The number of carbonyl (C=O) groups excluding carboxylic acids is 1. The van der Waals surface area contributed by atoms with Gasteiger partial charge in [-0.25, -0.2) is 9.78 Å². The molecule has 0 bridgehead atoms. The Morgan fingerprint density at radius 3 is 2.59 bits per heavy atom. The van der Waals surface area contributed by atoms with E-state index >= 15 is 0 Å². The molecule has 1 aromatic carbocycles. The first kappa shape index (κ1) is 17.0. The Labute approximate surface area is 151 Å². The van der Waals surface area contributed by atoms with Gasteiger partial charge in [-0.3, -0.25) is 4.98 Å². The van der Waals surface area contributed by atoms with Crippen molar-refractivity contribution in [1.29, 1.82) is 0 Å². The van der Waals surface area contributed by atoms with E-state index in [0.29, 0.717) is 28.0 Å². The minimum atomic E-state index is -4.46.